The Hall–Kier alpha value is -1.48. The summed E-state index contributed by atoms with van der Waals surface area (Å²) in [6.07, 6.45) is 2.64. The topological polar surface area (TPSA) is 51.8 Å². The molecule has 1 aromatic carbocycles. The number of hydrogen-bond acceptors (Lipinski definition) is 3. The van der Waals surface area contributed by atoms with Crippen molar-refractivity contribution in [3.63, 3.8) is 0 Å². The Morgan fingerprint density at radius 2 is 2.14 bits per heavy atom. The zero-order valence-electron chi connectivity index (χ0n) is 8.14. The maximum absolute atomic E-state index is 5.77. The molecule has 0 saturated carbocycles. The minimum Gasteiger partial charge on any atom is -0.328 e. The molecule has 3 nitrogen and oxygen atoms in total. The average molecular weight is 187 g/mol. The molecule has 0 spiro atoms. The average Bonchev–Trinajstić information content (AvgIpc) is 2.18. The molecule has 1 aromatic heterocycles. The van der Waals surface area contributed by atoms with E-state index >= 15 is 0 Å². The minimum absolute atomic E-state index is 0.155. The predicted octanol–water partition coefficient (Wildman–Crippen LogP) is 1.52. The van der Waals surface area contributed by atoms with Crippen LogP contribution in [0.15, 0.2) is 30.5 Å². The van der Waals surface area contributed by atoms with E-state index in [0.717, 1.165) is 17.3 Å². The number of rotatable bonds is 2. The Morgan fingerprint density at radius 1 is 1.36 bits per heavy atom. The number of nitrogens with zero attached hydrogens (tertiary/aromatic N) is 2. The van der Waals surface area contributed by atoms with E-state index in [1.807, 2.05) is 25.1 Å². The van der Waals surface area contributed by atoms with Crippen molar-refractivity contribution in [1.29, 1.82) is 0 Å². The second kappa shape index (κ2) is 3.72. The van der Waals surface area contributed by atoms with Crippen LogP contribution < -0.4 is 5.73 Å². The fourth-order valence-corrected chi connectivity index (χ4v) is 1.57. The molecule has 1 unspecified atom stereocenters. The maximum Gasteiger partial charge on any atom is 0.0932 e. The Labute approximate surface area is 83.0 Å². The van der Waals surface area contributed by atoms with E-state index in [-0.39, 0.29) is 6.04 Å². The van der Waals surface area contributed by atoms with Gasteiger partial charge in [0.25, 0.3) is 0 Å². The third-order valence-electron chi connectivity index (χ3n) is 2.17. The summed E-state index contributed by atoms with van der Waals surface area (Å²) in [4.78, 5) is 0. The van der Waals surface area contributed by atoms with E-state index in [1.165, 1.54) is 5.56 Å². The smallest absolute Gasteiger partial charge is 0.0932 e. The first-order valence-electron chi connectivity index (χ1n) is 4.72. The minimum atomic E-state index is 0.155. The lowest BCUT2D eigenvalue weighted by Crippen LogP contribution is -2.18. The first-order valence-corrected chi connectivity index (χ1v) is 4.72. The first kappa shape index (κ1) is 9.09. The highest BCUT2D eigenvalue weighted by molar-refractivity contribution is 5.81. The van der Waals surface area contributed by atoms with Crippen LogP contribution in [0.5, 0.6) is 0 Å². The van der Waals surface area contributed by atoms with Gasteiger partial charge in [-0.1, -0.05) is 18.2 Å². The standard InChI is InChI=1S/C11H13N3/c1-8(12)6-9-7-13-14-11-5-3-2-4-10(9)11/h2-5,7-8H,6,12H2,1H3. The molecule has 2 aromatic rings. The molecule has 0 bridgehead atoms. The van der Waals surface area contributed by atoms with Gasteiger partial charge < -0.3 is 5.73 Å². The molecule has 0 fully saturated rings. The molecule has 14 heavy (non-hydrogen) atoms. The van der Waals surface area contributed by atoms with Gasteiger partial charge in [0.2, 0.25) is 0 Å². The van der Waals surface area contributed by atoms with Gasteiger partial charge in [0, 0.05) is 11.4 Å². The molecule has 0 aliphatic heterocycles. The van der Waals surface area contributed by atoms with Crippen LogP contribution in [-0.4, -0.2) is 16.2 Å². The Balaban J connectivity index is 2.53. The number of nitrogens with two attached hydrogens (primary N) is 1. The fraction of sp³-hybridized carbons (Fsp3) is 0.273. The zero-order valence-corrected chi connectivity index (χ0v) is 8.14. The molecule has 0 radical (unpaired) electrons. The summed E-state index contributed by atoms with van der Waals surface area (Å²) in [7, 11) is 0. The third-order valence-corrected chi connectivity index (χ3v) is 2.17. The number of hydrogen-bond donors (Lipinski definition) is 1. The van der Waals surface area contributed by atoms with E-state index in [9.17, 15) is 0 Å². The maximum atomic E-state index is 5.77. The molecule has 3 heteroatoms. The van der Waals surface area contributed by atoms with Gasteiger partial charge in [0.1, 0.15) is 0 Å². The Bertz CT molecular complexity index is 432. The Morgan fingerprint density at radius 3 is 2.93 bits per heavy atom. The van der Waals surface area contributed by atoms with E-state index in [0.29, 0.717) is 0 Å². The molecule has 0 aliphatic carbocycles. The largest absolute Gasteiger partial charge is 0.328 e. The SMILES string of the molecule is CC(N)Cc1cnnc2ccccc12. The second-order valence-electron chi connectivity index (χ2n) is 3.57. The molecular weight excluding hydrogens is 174 g/mol. The number of aromatic nitrogens is 2. The van der Waals surface area contributed by atoms with E-state index in [4.69, 9.17) is 5.73 Å². The summed E-state index contributed by atoms with van der Waals surface area (Å²) in [5.74, 6) is 0. The van der Waals surface area contributed by atoms with Crippen LogP contribution in [0.3, 0.4) is 0 Å². The van der Waals surface area contributed by atoms with Crippen molar-refractivity contribution in [2.45, 2.75) is 19.4 Å². The Kier molecular flexibility index (Phi) is 2.41. The van der Waals surface area contributed by atoms with Crippen LogP contribution in [0.25, 0.3) is 10.9 Å². The summed E-state index contributed by atoms with van der Waals surface area (Å²) in [5, 5.41) is 9.17. The highest BCUT2D eigenvalue weighted by Crippen LogP contribution is 2.15. The van der Waals surface area contributed by atoms with Crippen LogP contribution in [0.1, 0.15) is 12.5 Å². The molecule has 1 atom stereocenters. The summed E-state index contributed by atoms with van der Waals surface area (Å²) < 4.78 is 0. The summed E-state index contributed by atoms with van der Waals surface area (Å²) in [5.41, 5.74) is 7.87. The summed E-state index contributed by atoms with van der Waals surface area (Å²) in [6, 6.07) is 8.15. The highest BCUT2D eigenvalue weighted by Gasteiger charge is 2.03. The lowest BCUT2D eigenvalue weighted by atomic mass is 10.1. The molecule has 0 amide bonds. The second-order valence-corrected chi connectivity index (χ2v) is 3.57. The van der Waals surface area contributed by atoms with Gasteiger partial charge >= 0.3 is 0 Å². The monoisotopic (exact) mass is 187 g/mol. The van der Waals surface area contributed by atoms with Crippen LogP contribution >= 0.6 is 0 Å². The van der Waals surface area contributed by atoms with Crippen LogP contribution in [-0.2, 0) is 6.42 Å². The molecular formula is C11H13N3. The van der Waals surface area contributed by atoms with Gasteiger partial charge in [-0.25, -0.2) is 0 Å². The normalized spacial score (nSPS) is 13.0. The van der Waals surface area contributed by atoms with Crippen molar-refractivity contribution in [3.05, 3.63) is 36.0 Å². The molecule has 2 N–H and O–H groups in total. The van der Waals surface area contributed by atoms with Crippen molar-refractivity contribution in [2.24, 2.45) is 5.73 Å². The summed E-state index contributed by atoms with van der Waals surface area (Å²) in [6.45, 7) is 2.00. The molecule has 0 aliphatic rings. The first-order chi connectivity index (χ1) is 6.77. The van der Waals surface area contributed by atoms with Crippen LogP contribution in [0.4, 0.5) is 0 Å². The van der Waals surface area contributed by atoms with Gasteiger partial charge in [-0.15, -0.1) is 0 Å². The lowest BCUT2D eigenvalue weighted by molar-refractivity contribution is 0.737. The van der Waals surface area contributed by atoms with Gasteiger partial charge in [-0.05, 0) is 25.0 Å². The molecule has 0 saturated heterocycles. The van der Waals surface area contributed by atoms with Crippen molar-refractivity contribution < 1.29 is 0 Å². The highest BCUT2D eigenvalue weighted by atomic mass is 15.1. The van der Waals surface area contributed by atoms with Gasteiger partial charge in [-0.3, -0.25) is 0 Å². The summed E-state index contributed by atoms with van der Waals surface area (Å²) >= 11 is 0. The predicted molar refractivity (Wildman–Crippen MR) is 56.9 cm³/mol. The fourth-order valence-electron chi connectivity index (χ4n) is 1.57. The van der Waals surface area contributed by atoms with Crippen LogP contribution in [0, 0.1) is 0 Å². The van der Waals surface area contributed by atoms with Gasteiger partial charge in [0.05, 0.1) is 11.7 Å². The van der Waals surface area contributed by atoms with E-state index in [1.54, 1.807) is 6.20 Å². The van der Waals surface area contributed by atoms with Crippen LogP contribution in [0.2, 0.25) is 0 Å². The van der Waals surface area contributed by atoms with Crippen molar-refractivity contribution >= 4 is 10.9 Å². The zero-order chi connectivity index (χ0) is 9.97. The van der Waals surface area contributed by atoms with E-state index in [2.05, 4.69) is 16.3 Å². The molecule has 1 heterocycles. The van der Waals surface area contributed by atoms with Crippen molar-refractivity contribution in [2.75, 3.05) is 0 Å². The molecule has 72 valence electrons. The third kappa shape index (κ3) is 1.72. The number of fused-ring (bicyclic) bond motifs is 1. The van der Waals surface area contributed by atoms with Crippen molar-refractivity contribution in [3.8, 4) is 0 Å². The van der Waals surface area contributed by atoms with Crippen molar-refractivity contribution in [1.82, 2.24) is 10.2 Å². The quantitative estimate of drug-likeness (QED) is 0.775. The van der Waals surface area contributed by atoms with Gasteiger partial charge in [-0.2, -0.15) is 10.2 Å². The molecule has 2 rings (SSSR count). The van der Waals surface area contributed by atoms with E-state index < -0.39 is 0 Å². The lowest BCUT2D eigenvalue weighted by Gasteiger charge is -2.06. The number of benzene rings is 1. The van der Waals surface area contributed by atoms with Gasteiger partial charge in [0.15, 0.2) is 0 Å².